The van der Waals surface area contributed by atoms with Gasteiger partial charge >= 0.3 is 0 Å². The minimum absolute atomic E-state index is 0.0371. The predicted octanol–water partition coefficient (Wildman–Crippen LogP) is 2.88. The summed E-state index contributed by atoms with van der Waals surface area (Å²) in [6, 6.07) is 9.85. The molecule has 1 heterocycles. The fourth-order valence-corrected chi connectivity index (χ4v) is 1.66. The van der Waals surface area contributed by atoms with Crippen LogP contribution in [0.15, 0.2) is 30.3 Å². The number of rotatable bonds is 1. The average molecular weight is 180 g/mol. The first-order valence-corrected chi connectivity index (χ1v) is 4.67. The number of alkyl halides is 1. The summed E-state index contributed by atoms with van der Waals surface area (Å²) >= 11 is 0. The second-order valence-corrected chi connectivity index (χ2v) is 3.39. The Hall–Kier alpha value is -0.890. The monoisotopic (exact) mass is 180 g/mol. The van der Waals surface area contributed by atoms with Crippen LogP contribution in [0.4, 0.5) is 4.39 Å². The van der Waals surface area contributed by atoms with E-state index < -0.39 is 6.17 Å². The van der Waals surface area contributed by atoms with Crippen molar-refractivity contribution in [2.45, 2.75) is 25.1 Å². The highest BCUT2D eigenvalue weighted by atomic mass is 19.1. The summed E-state index contributed by atoms with van der Waals surface area (Å²) in [6.07, 6.45) is 0.316. The van der Waals surface area contributed by atoms with E-state index in [2.05, 4.69) is 0 Å². The Kier molecular flexibility index (Phi) is 2.60. The fraction of sp³-hybridized carbons (Fsp3) is 0.455. The van der Waals surface area contributed by atoms with E-state index in [1.165, 1.54) is 0 Å². The lowest BCUT2D eigenvalue weighted by atomic mass is 10.0. The first kappa shape index (κ1) is 8.70. The molecule has 0 bridgehead atoms. The van der Waals surface area contributed by atoms with E-state index in [-0.39, 0.29) is 6.10 Å². The maximum atomic E-state index is 13.0. The van der Waals surface area contributed by atoms with E-state index in [9.17, 15) is 4.39 Å². The van der Waals surface area contributed by atoms with Crippen molar-refractivity contribution < 1.29 is 9.13 Å². The third-order valence-electron chi connectivity index (χ3n) is 2.39. The first-order valence-electron chi connectivity index (χ1n) is 4.67. The van der Waals surface area contributed by atoms with Crippen LogP contribution in [0.3, 0.4) is 0 Å². The Morgan fingerprint density at radius 2 is 2.00 bits per heavy atom. The molecule has 1 fully saturated rings. The van der Waals surface area contributed by atoms with Crippen LogP contribution >= 0.6 is 0 Å². The zero-order valence-corrected chi connectivity index (χ0v) is 7.45. The quantitative estimate of drug-likeness (QED) is 0.645. The molecule has 13 heavy (non-hydrogen) atoms. The number of hydrogen-bond acceptors (Lipinski definition) is 1. The number of halogens is 1. The molecule has 1 aromatic rings. The van der Waals surface area contributed by atoms with Crippen molar-refractivity contribution >= 4 is 0 Å². The summed E-state index contributed by atoms with van der Waals surface area (Å²) in [7, 11) is 0. The lowest BCUT2D eigenvalue weighted by Crippen LogP contribution is -2.20. The Balaban J connectivity index is 2.08. The van der Waals surface area contributed by atoms with Gasteiger partial charge in [0.05, 0.1) is 12.7 Å². The Morgan fingerprint density at radius 1 is 1.23 bits per heavy atom. The van der Waals surface area contributed by atoms with Crippen LogP contribution < -0.4 is 0 Å². The van der Waals surface area contributed by atoms with Crippen molar-refractivity contribution in [2.24, 2.45) is 0 Å². The molecule has 2 heteroatoms. The van der Waals surface area contributed by atoms with E-state index in [4.69, 9.17) is 4.74 Å². The van der Waals surface area contributed by atoms with Crippen LogP contribution in [-0.4, -0.2) is 12.8 Å². The molecular formula is C11H13FO. The largest absolute Gasteiger partial charge is 0.373 e. The third-order valence-corrected chi connectivity index (χ3v) is 2.39. The van der Waals surface area contributed by atoms with Gasteiger partial charge in [0.1, 0.15) is 6.17 Å². The molecule has 0 aliphatic carbocycles. The molecule has 1 nitrogen and oxygen atoms in total. The molecule has 70 valence electrons. The van der Waals surface area contributed by atoms with E-state index in [0.29, 0.717) is 19.4 Å². The number of benzene rings is 1. The molecule has 1 aromatic carbocycles. The minimum atomic E-state index is -0.695. The predicted molar refractivity (Wildman–Crippen MR) is 49.3 cm³/mol. The normalized spacial score (nSPS) is 28.7. The Bertz CT molecular complexity index is 260. The van der Waals surface area contributed by atoms with E-state index in [1.807, 2.05) is 30.3 Å². The van der Waals surface area contributed by atoms with Crippen molar-refractivity contribution in [1.29, 1.82) is 0 Å². The molecular weight excluding hydrogens is 167 g/mol. The number of hydrogen-bond donors (Lipinski definition) is 0. The van der Waals surface area contributed by atoms with Crippen molar-refractivity contribution in [2.75, 3.05) is 6.61 Å². The molecule has 0 aromatic heterocycles. The van der Waals surface area contributed by atoms with Crippen LogP contribution in [0.25, 0.3) is 0 Å². The highest BCUT2D eigenvalue weighted by Crippen LogP contribution is 2.29. The molecule has 1 aliphatic heterocycles. The lowest BCUT2D eigenvalue weighted by molar-refractivity contribution is -0.0193. The first-order chi connectivity index (χ1) is 6.36. The molecule has 0 spiro atoms. The SMILES string of the molecule is F[C@H]1CCO[C@@H](c2ccccc2)C1. The van der Waals surface area contributed by atoms with Gasteiger partial charge < -0.3 is 4.74 Å². The summed E-state index contributed by atoms with van der Waals surface area (Å²) in [5, 5.41) is 0. The van der Waals surface area contributed by atoms with Crippen molar-refractivity contribution in [3.63, 3.8) is 0 Å². The van der Waals surface area contributed by atoms with Gasteiger partial charge in [-0.2, -0.15) is 0 Å². The van der Waals surface area contributed by atoms with Crippen LogP contribution in [-0.2, 0) is 4.74 Å². The van der Waals surface area contributed by atoms with E-state index >= 15 is 0 Å². The van der Waals surface area contributed by atoms with Crippen LogP contribution in [0.5, 0.6) is 0 Å². The molecule has 1 aliphatic rings. The molecule has 0 radical (unpaired) electrons. The van der Waals surface area contributed by atoms with Crippen molar-refractivity contribution in [1.82, 2.24) is 0 Å². The van der Waals surface area contributed by atoms with Gasteiger partial charge in [0.15, 0.2) is 0 Å². The smallest absolute Gasteiger partial charge is 0.105 e. The zero-order chi connectivity index (χ0) is 9.10. The zero-order valence-electron chi connectivity index (χ0n) is 7.45. The van der Waals surface area contributed by atoms with Gasteiger partial charge in [0, 0.05) is 12.8 Å². The second-order valence-electron chi connectivity index (χ2n) is 3.39. The minimum Gasteiger partial charge on any atom is -0.373 e. The molecule has 2 rings (SSSR count). The standard InChI is InChI=1S/C11H13FO/c12-10-6-7-13-11(8-10)9-4-2-1-3-5-9/h1-5,10-11H,6-8H2/t10-,11+/m0/s1. The van der Waals surface area contributed by atoms with Gasteiger partial charge in [-0.3, -0.25) is 0 Å². The summed E-state index contributed by atoms with van der Waals surface area (Å²) in [6.45, 7) is 0.542. The van der Waals surface area contributed by atoms with Crippen LogP contribution in [0.2, 0.25) is 0 Å². The van der Waals surface area contributed by atoms with Gasteiger partial charge in [0.25, 0.3) is 0 Å². The Labute approximate surface area is 77.5 Å². The van der Waals surface area contributed by atoms with Gasteiger partial charge in [-0.25, -0.2) is 4.39 Å². The van der Waals surface area contributed by atoms with Gasteiger partial charge in [-0.1, -0.05) is 30.3 Å². The number of ether oxygens (including phenoxy) is 1. The molecule has 0 saturated carbocycles. The van der Waals surface area contributed by atoms with Crippen LogP contribution in [0, 0.1) is 0 Å². The molecule has 1 saturated heterocycles. The van der Waals surface area contributed by atoms with E-state index in [1.54, 1.807) is 0 Å². The summed E-state index contributed by atoms with van der Waals surface area (Å²) < 4.78 is 18.5. The van der Waals surface area contributed by atoms with Gasteiger partial charge in [0.2, 0.25) is 0 Å². The van der Waals surface area contributed by atoms with Gasteiger partial charge in [-0.05, 0) is 5.56 Å². The van der Waals surface area contributed by atoms with Crippen molar-refractivity contribution in [3.8, 4) is 0 Å². The molecule has 0 N–H and O–H groups in total. The molecule has 0 amide bonds. The maximum absolute atomic E-state index is 13.0. The third kappa shape index (κ3) is 2.07. The maximum Gasteiger partial charge on any atom is 0.105 e. The highest BCUT2D eigenvalue weighted by Gasteiger charge is 2.22. The topological polar surface area (TPSA) is 9.23 Å². The van der Waals surface area contributed by atoms with Crippen molar-refractivity contribution in [3.05, 3.63) is 35.9 Å². The molecule has 0 unspecified atom stereocenters. The molecule has 2 atom stereocenters. The summed E-state index contributed by atoms with van der Waals surface area (Å²) in [4.78, 5) is 0. The highest BCUT2D eigenvalue weighted by molar-refractivity contribution is 5.18. The summed E-state index contributed by atoms with van der Waals surface area (Å²) in [5.74, 6) is 0. The fourth-order valence-electron chi connectivity index (χ4n) is 1.66. The lowest BCUT2D eigenvalue weighted by Gasteiger charge is -2.25. The summed E-state index contributed by atoms with van der Waals surface area (Å²) in [5.41, 5.74) is 1.09. The van der Waals surface area contributed by atoms with Gasteiger partial charge in [-0.15, -0.1) is 0 Å². The van der Waals surface area contributed by atoms with E-state index in [0.717, 1.165) is 5.56 Å². The average Bonchev–Trinajstić information content (AvgIpc) is 2.19. The second kappa shape index (κ2) is 3.88. The Morgan fingerprint density at radius 3 is 2.69 bits per heavy atom. The van der Waals surface area contributed by atoms with Crippen LogP contribution in [0.1, 0.15) is 24.5 Å².